The first kappa shape index (κ1) is 13.3. The van der Waals surface area contributed by atoms with Crippen LogP contribution in [0.1, 0.15) is 33.1 Å². The van der Waals surface area contributed by atoms with Gasteiger partial charge in [0.25, 0.3) is 0 Å². The Morgan fingerprint density at radius 3 is 2.67 bits per heavy atom. The molecule has 3 unspecified atom stereocenters. The molecule has 2 saturated heterocycles. The van der Waals surface area contributed by atoms with Crippen molar-refractivity contribution in [2.24, 2.45) is 11.3 Å². The van der Waals surface area contributed by atoms with Gasteiger partial charge in [-0.05, 0) is 26.2 Å². The molecule has 3 atom stereocenters. The molecule has 0 aromatic carbocycles. The number of hydrogen-bond donors (Lipinski definition) is 1. The molecule has 0 aromatic rings. The van der Waals surface area contributed by atoms with Crippen LogP contribution in [-0.2, 0) is 14.3 Å². The Balaban J connectivity index is 2.00. The highest BCUT2D eigenvalue weighted by atomic mass is 16.5. The number of carboxylic acids is 1. The number of likely N-dealkylation sites (tertiary alicyclic amines) is 1. The molecule has 2 aliphatic heterocycles. The van der Waals surface area contributed by atoms with E-state index >= 15 is 0 Å². The highest BCUT2D eigenvalue weighted by Gasteiger charge is 2.46. The standard InChI is InChI=1S/C13H21NO4/c1-3-13(12(16)17)4-5-14(8-13)11(15)10-6-9(2)18-7-10/h9-10H,3-8H2,1-2H3,(H,16,17). The highest BCUT2D eigenvalue weighted by Crippen LogP contribution is 2.35. The van der Waals surface area contributed by atoms with Crippen LogP contribution in [0.2, 0.25) is 0 Å². The molecule has 2 aliphatic rings. The number of carbonyl (C=O) groups is 2. The van der Waals surface area contributed by atoms with Gasteiger partial charge in [0.2, 0.25) is 5.91 Å². The van der Waals surface area contributed by atoms with E-state index in [0.717, 1.165) is 6.42 Å². The van der Waals surface area contributed by atoms with Crippen molar-refractivity contribution in [2.45, 2.75) is 39.2 Å². The molecule has 1 N–H and O–H groups in total. The van der Waals surface area contributed by atoms with Crippen molar-refractivity contribution in [2.75, 3.05) is 19.7 Å². The van der Waals surface area contributed by atoms with Crippen molar-refractivity contribution in [1.82, 2.24) is 4.90 Å². The van der Waals surface area contributed by atoms with E-state index in [2.05, 4.69) is 0 Å². The van der Waals surface area contributed by atoms with Crippen molar-refractivity contribution in [1.29, 1.82) is 0 Å². The van der Waals surface area contributed by atoms with Gasteiger partial charge in [-0.3, -0.25) is 9.59 Å². The molecule has 2 fully saturated rings. The van der Waals surface area contributed by atoms with Crippen molar-refractivity contribution < 1.29 is 19.4 Å². The Kier molecular flexibility index (Phi) is 3.61. The van der Waals surface area contributed by atoms with E-state index in [1.165, 1.54) is 0 Å². The minimum atomic E-state index is -0.781. The SMILES string of the molecule is CCC1(C(=O)O)CCN(C(=O)C2COC(C)C2)C1. The fourth-order valence-corrected chi connectivity index (χ4v) is 2.92. The fraction of sp³-hybridized carbons (Fsp3) is 0.846. The van der Waals surface area contributed by atoms with Crippen LogP contribution >= 0.6 is 0 Å². The number of rotatable bonds is 3. The smallest absolute Gasteiger partial charge is 0.311 e. The molecule has 0 aliphatic carbocycles. The van der Waals surface area contributed by atoms with Crippen molar-refractivity contribution in [3.05, 3.63) is 0 Å². The lowest BCUT2D eigenvalue weighted by atomic mass is 9.84. The quantitative estimate of drug-likeness (QED) is 0.820. The van der Waals surface area contributed by atoms with Crippen LogP contribution in [0.25, 0.3) is 0 Å². The van der Waals surface area contributed by atoms with Gasteiger partial charge in [0, 0.05) is 13.1 Å². The number of amides is 1. The van der Waals surface area contributed by atoms with E-state index in [4.69, 9.17) is 4.74 Å². The van der Waals surface area contributed by atoms with Gasteiger partial charge in [0.1, 0.15) is 0 Å². The molecular formula is C13H21NO4. The lowest BCUT2D eigenvalue weighted by Crippen LogP contribution is -2.39. The number of aliphatic carboxylic acids is 1. The maximum atomic E-state index is 12.3. The molecule has 2 rings (SSSR count). The lowest BCUT2D eigenvalue weighted by molar-refractivity contribution is -0.149. The summed E-state index contributed by atoms with van der Waals surface area (Å²) in [7, 11) is 0. The first-order chi connectivity index (χ1) is 8.48. The Hall–Kier alpha value is -1.10. The average Bonchev–Trinajstić information content (AvgIpc) is 2.95. The summed E-state index contributed by atoms with van der Waals surface area (Å²) >= 11 is 0. The lowest BCUT2D eigenvalue weighted by Gasteiger charge is -2.24. The molecule has 0 saturated carbocycles. The fourth-order valence-electron chi connectivity index (χ4n) is 2.92. The Bertz CT molecular complexity index is 357. The maximum absolute atomic E-state index is 12.3. The largest absolute Gasteiger partial charge is 0.481 e. The summed E-state index contributed by atoms with van der Waals surface area (Å²) in [4.78, 5) is 25.3. The highest BCUT2D eigenvalue weighted by molar-refractivity contribution is 5.82. The number of ether oxygens (including phenoxy) is 1. The molecule has 18 heavy (non-hydrogen) atoms. The third-order valence-electron chi connectivity index (χ3n) is 4.34. The summed E-state index contributed by atoms with van der Waals surface area (Å²) in [6, 6.07) is 0. The third-order valence-corrected chi connectivity index (χ3v) is 4.34. The predicted molar refractivity (Wildman–Crippen MR) is 65.1 cm³/mol. The molecular weight excluding hydrogens is 234 g/mol. The Morgan fingerprint density at radius 1 is 1.50 bits per heavy atom. The second-order valence-electron chi connectivity index (χ2n) is 5.53. The minimum absolute atomic E-state index is 0.0657. The molecule has 0 radical (unpaired) electrons. The molecule has 102 valence electrons. The predicted octanol–water partition coefficient (Wildman–Crippen LogP) is 1.12. The van der Waals surface area contributed by atoms with Crippen LogP contribution in [0, 0.1) is 11.3 Å². The molecule has 1 amide bonds. The number of carboxylic acid groups (broad SMARTS) is 1. The average molecular weight is 255 g/mol. The van der Waals surface area contributed by atoms with Gasteiger partial charge < -0.3 is 14.7 Å². The van der Waals surface area contributed by atoms with Gasteiger partial charge in [0.15, 0.2) is 0 Å². The van der Waals surface area contributed by atoms with Gasteiger partial charge in [-0.2, -0.15) is 0 Å². The number of hydrogen-bond acceptors (Lipinski definition) is 3. The molecule has 0 bridgehead atoms. The minimum Gasteiger partial charge on any atom is -0.481 e. The van der Waals surface area contributed by atoms with Crippen LogP contribution in [0.15, 0.2) is 0 Å². The van der Waals surface area contributed by atoms with Gasteiger partial charge in [-0.15, -0.1) is 0 Å². The summed E-state index contributed by atoms with van der Waals surface area (Å²) in [6.07, 6.45) is 2.02. The molecule has 2 heterocycles. The zero-order valence-electron chi connectivity index (χ0n) is 11.0. The van der Waals surface area contributed by atoms with E-state index in [0.29, 0.717) is 32.5 Å². The Labute approximate surface area is 107 Å². The number of carbonyl (C=O) groups excluding carboxylic acids is 1. The van der Waals surface area contributed by atoms with Gasteiger partial charge in [0.05, 0.1) is 24.0 Å². The van der Waals surface area contributed by atoms with Crippen LogP contribution in [-0.4, -0.2) is 47.7 Å². The topological polar surface area (TPSA) is 66.8 Å². The zero-order chi connectivity index (χ0) is 13.3. The normalized spacial score (nSPS) is 36.0. The van der Waals surface area contributed by atoms with Crippen molar-refractivity contribution >= 4 is 11.9 Å². The molecule has 5 heteroatoms. The summed E-state index contributed by atoms with van der Waals surface area (Å²) in [5.41, 5.74) is -0.735. The third kappa shape index (κ3) is 2.23. The van der Waals surface area contributed by atoms with Gasteiger partial charge in [-0.1, -0.05) is 6.92 Å². The first-order valence-electron chi connectivity index (χ1n) is 6.62. The monoisotopic (exact) mass is 255 g/mol. The van der Waals surface area contributed by atoms with E-state index in [9.17, 15) is 14.7 Å². The van der Waals surface area contributed by atoms with Crippen LogP contribution in [0.4, 0.5) is 0 Å². The van der Waals surface area contributed by atoms with Gasteiger partial charge >= 0.3 is 5.97 Å². The van der Waals surface area contributed by atoms with E-state index < -0.39 is 11.4 Å². The second kappa shape index (κ2) is 4.88. The zero-order valence-corrected chi connectivity index (χ0v) is 11.0. The van der Waals surface area contributed by atoms with Crippen LogP contribution in [0.3, 0.4) is 0 Å². The first-order valence-corrected chi connectivity index (χ1v) is 6.62. The Morgan fingerprint density at radius 2 is 2.22 bits per heavy atom. The van der Waals surface area contributed by atoms with Crippen molar-refractivity contribution in [3.63, 3.8) is 0 Å². The van der Waals surface area contributed by atoms with Crippen LogP contribution in [0.5, 0.6) is 0 Å². The molecule has 5 nitrogen and oxygen atoms in total. The van der Waals surface area contributed by atoms with Crippen LogP contribution < -0.4 is 0 Å². The van der Waals surface area contributed by atoms with Gasteiger partial charge in [-0.25, -0.2) is 0 Å². The van der Waals surface area contributed by atoms with E-state index in [-0.39, 0.29) is 17.9 Å². The summed E-state index contributed by atoms with van der Waals surface area (Å²) in [5, 5.41) is 9.31. The molecule has 0 aromatic heterocycles. The summed E-state index contributed by atoms with van der Waals surface area (Å²) < 4.78 is 5.41. The van der Waals surface area contributed by atoms with Crippen molar-refractivity contribution in [3.8, 4) is 0 Å². The number of nitrogens with zero attached hydrogens (tertiary/aromatic N) is 1. The maximum Gasteiger partial charge on any atom is 0.311 e. The molecule has 0 spiro atoms. The van der Waals surface area contributed by atoms with E-state index in [1.807, 2.05) is 13.8 Å². The second-order valence-corrected chi connectivity index (χ2v) is 5.53. The van der Waals surface area contributed by atoms with E-state index in [1.54, 1.807) is 4.90 Å². The summed E-state index contributed by atoms with van der Waals surface area (Å²) in [5.74, 6) is -0.797. The summed E-state index contributed by atoms with van der Waals surface area (Å²) in [6.45, 7) is 5.22.